The number of nitrogens with one attached hydrogen (secondary N) is 2. The van der Waals surface area contributed by atoms with Crippen LogP contribution in [-0.4, -0.2) is 31.2 Å². The van der Waals surface area contributed by atoms with E-state index in [1.165, 1.54) is 0 Å². The summed E-state index contributed by atoms with van der Waals surface area (Å²) < 4.78 is 0. The molecule has 1 rings (SSSR count). The molecule has 0 unspecified atom stereocenters. The van der Waals surface area contributed by atoms with Gasteiger partial charge in [-0.1, -0.05) is 0 Å². The zero-order chi connectivity index (χ0) is 7.82. The van der Waals surface area contributed by atoms with Crippen molar-refractivity contribution in [1.82, 2.24) is 15.9 Å². The molecule has 0 atom stereocenters. The summed E-state index contributed by atoms with van der Waals surface area (Å²) in [6, 6.07) is 0. The molecule has 6 nitrogen and oxygen atoms in total. The Morgan fingerprint density at radius 2 is 1.70 bits per heavy atom. The zero-order valence-electron chi connectivity index (χ0n) is 6.01. The molecular formula is C4H16N6. The molecule has 0 saturated carbocycles. The van der Waals surface area contributed by atoms with E-state index in [0.717, 1.165) is 26.2 Å². The predicted octanol–water partition coefficient (Wildman–Crippen LogP) is -2.91. The molecule has 1 heterocycles. The van der Waals surface area contributed by atoms with Gasteiger partial charge in [-0.2, -0.15) is 5.53 Å². The Morgan fingerprint density at radius 1 is 1.20 bits per heavy atom. The maximum atomic E-state index is 5.15. The number of hydrogen-bond donors (Lipinski definition) is 5. The zero-order valence-corrected chi connectivity index (χ0v) is 6.01. The van der Waals surface area contributed by atoms with Crippen molar-refractivity contribution in [2.24, 2.45) is 17.5 Å². The molecule has 0 spiro atoms. The number of piperazine rings is 1. The van der Waals surface area contributed by atoms with Crippen molar-refractivity contribution >= 4 is 0 Å². The molecule has 10 heavy (non-hydrogen) atoms. The lowest BCUT2D eigenvalue weighted by Crippen LogP contribution is -2.52. The molecule has 1 saturated heterocycles. The molecule has 6 heteroatoms. The van der Waals surface area contributed by atoms with Gasteiger partial charge in [0, 0.05) is 26.2 Å². The number of hydrogen-bond acceptors (Lipinski definition) is 6. The van der Waals surface area contributed by atoms with Crippen molar-refractivity contribution in [3.63, 3.8) is 0 Å². The second-order valence-electron chi connectivity index (χ2n) is 1.87. The Kier molecular flexibility index (Phi) is 6.71. The first-order valence-corrected chi connectivity index (χ1v) is 3.19. The van der Waals surface area contributed by atoms with E-state index in [0.29, 0.717) is 0 Å². The van der Waals surface area contributed by atoms with Gasteiger partial charge in [-0.05, 0) is 0 Å². The average Bonchev–Trinajstić information content (AvgIpc) is 2.10. The summed E-state index contributed by atoms with van der Waals surface area (Å²) in [4.78, 5) is 0. The van der Waals surface area contributed by atoms with Crippen LogP contribution in [0.2, 0.25) is 0 Å². The SMILES string of the molecule is NN.NNN1CCNCC1. The normalized spacial score (nSPS) is 19.5. The van der Waals surface area contributed by atoms with Crippen LogP contribution in [0.5, 0.6) is 0 Å². The fourth-order valence-electron chi connectivity index (χ4n) is 0.794. The van der Waals surface area contributed by atoms with E-state index in [2.05, 4.69) is 22.5 Å². The number of nitrogens with zero attached hydrogens (tertiary/aromatic N) is 1. The van der Waals surface area contributed by atoms with E-state index in [9.17, 15) is 0 Å². The Morgan fingerprint density at radius 3 is 2.00 bits per heavy atom. The third-order valence-corrected chi connectivity index (χ3v) is 1.30. The summed E-state index contributed by atoms with van der Waals surface area (Å²) in [6.45, 7) is 4.06. The fraction of sp³-hybridized carbons (Fsp3) is 1.00. The molecule has 8 N–H and O–H groups in total. The van der Waals surface area contributed by atoms with E-state index >= 15 is 0 Å². The van der Waals surface area contributed by atoms with Gasteiger partial charge < -0.3 is 5.32 Å². The monoisotopic (exact) mass is 148 g/mol. The second kappa shape index (κ2) is 6.87. The van der Waals surface area contributed by atoms with Gasteiger partial charge in [0.15, 0.2) is 0 Å². The maximum Gasteiger partial charge on any atom is 0.0270 e. The van der Waals surface area contributed by atoms with Gasteiger partial charge >= 0.3 is 0 Å². The van der Waals surface area contributed by atoms with Crippen LogP contribution in [-0.2, 0) is 0 Å². The lowest BCUT2D eigenvalue weighted by Gasteiger charge is -2.25. The highest BCUT2D eigenvalue weighted by molar-refractivity contribution is 4.61. The number of rotatable bonds is 1. The molecule has 0 aromatic rings. The van der Waals surface area contributed by atoms with Crippen LogP contribution in [0.1, 0.15) is 0 Å². The van der Waals surface area contributed by atoms with Gasteiger partial charge in [-0.15, -0.1) is 0 Å². The minimum Gasteiger partial charge on any atom is -0.314 e. The van der Waals surface area contributed by atoms with Crippen LogP contribution >= 0.6 is 0 Å². The van der Waals surface area contributed by atoms with E-state index < -0.39 is 0 Å². The minimum absolute atomic E-state index is 0.997. The van der Waals surface area contributed by atoms with E-state index in [-0.39, 0.29) is 0 Å². The van der Waals surface area contributed by atoms with Gasteiger partial charge in [0.25, 0.3) is 0 Å². The Hall–Kier alpha value is -0.240. The lowest BCUT2D eigenvalue weighted by atomic mass is 10.4. The fourth-order valence-corrected chi connectivity index (χ4v) is 0.794. The molecule has 1 fully saturated rings. The van der Waals surface area contributed by atoms with Crippen LogP contribution in [0.3, 0.4) is 0 Å². The van der Waals surface area contributed by atoms with Gasteiger partial charge in [0.05, 0.1) is 0 Å². The lowest BCUT2D eigenvalue weighted by molar-refractivity contribution is 0.166. The first kappa shape index (κ1) is 9.76. The molecular weight excluding hydrogens is 132 g/mol. The van der Waals surface area contributed by atoms with Gasteiger partial charge in [0.2, 0.25) is 0 Å². The Labute approximate surface area is 60.6 Å². The molecule has 0 radical (unpaired) electrons. The highest BCUT2D eigenvalue weighted by Gasteiger charge is 2.04. The largest absolute Gasteiger partial charge is 0.314 e. The van der Waals surface area contributed by atoms with Crippen molar-refractivity contribution < 1.29 is 0 Å². The Balaban J connectivity index is 0.000000371. The van der Waals surface area contributed by atoms with Crippen molar-refractivity contribution in [2.75, 3.05) is 26.2 Å². The molecule has 62 valence electrons. The first-order valence-electron chi connectivity index (χ1n) is 3.19. The first-order chi connectivity index (χ1) is 4.93. The van der Waals surface area contributed by atoms with Crippen molar-refractivity contribution in [3.05, 3.63) is 0 Å². The van der Waals surface area contributed by atoms with Crippen molar-refractivity contribution in [1.29, 1.82) is 0 Å². The van der Waals surface area contributed by atoms with Crippen molar-refractivity contribution in [3.8, 4) is 0 Å². The third-order valence-electron chi connectivity index (χ3n) is 1.30. The third kappa shape index (κ3) is 3.72. The predicted molar refractivity (Wildman–Crippen MR) is 40.1 cm³/mol. The topological polar surface area (TPSA) is 105 Å². The van der Waals surface area contributed by atoms with Crippen molar-refractivity contribution in [2.45, 2.75) is 0 Å². The van der Waals surface area contributed by atoms with E-state index in [4.69, 9.17) is 5.84 Å². The standard InChI is InChI=1S/C4H12N4.H4N2/c5-7-8-3-1-6-2-4-8;1-2/h6-7H,1-5H2;1-2H2. The minimum atomic E-state index is 0.997. The molecule has 0 amide bonds. The summed E-state index contributed by atoms with van der Waals surface area (Å²) in [5, 5.41) is 5.19. The van der Waals surface area contributed by atoms with Crippen LogP contribution < -0.4 is 28.4 Å². The summed E-state index contributed by atoms with van der Waals surface area (Å²) in [7, 11) is 0. The summed E-state index contributed by atoms with van der Waals surface area (Å²) in [5.74, 6) is 13.2. The molecule has 1 aliphatic heterocycles. The van der Waals surface area contributed by atoms with Crippen LogP contribution in [0.15, 0.2) is 0 Å². The molecule has 1 aliphatic rings. The quantitative estimate of drug-likeness (QED) is 0.202. The average molecular weight is 148 g/mol. The van der Waals surface area contributed by atoms with Gasteiger partial charge in [0.1, 0.15) is 0 Å². The molecule has 0 bridgehead atoms. The summed E-state index contributed by atoms with van der Waals surface area (Å²) >= 11 is 0. The molecule has 0 aliphatic carbocycles. The number of hydrazine groups is 3. The van der Waals surface area contributed by atoms with Crippen LogP contribution in [0, 0.1) is 0 Å². The van der Waals surface area contributed by atoms with Crippen LogP contribution in [0.4, 0.5) is 0 Å². The summed E-state index contributed by atoms with van der Waals surface area (Å²) in [6.07, 6.45) is 0. The Bertz CT molecular complexity index is 60.8. The summed E-state index contributed by atoms with van der Waals surface area (Å²) in [5.41, 5.74) is 2.60. The van der Waals surface area contributed by atoms with Gasteiger partial charge in [-0.3, -0.25) is 17.5 Å². The van der Waals surface area contributed by atoms with E-state index in [1.54, 1.807) is 0 Å². The van der Waals surface area contributed by atoms with Gasteiger partial charge in [-0.25, -0.2) is 5.01 Å². The van der Waals surface area contributed by atoms with Crippen LogP contribution in [0.25, 0.3) is 0 Å². The molecule has 0 aromatic heterocycles. The van der Waals surface area contributed by atoms with E-state index in [1.807, 2.05) is 5.01 Å². The second-order valence-corrected chi connectivity index (χ2v) is 1.87. The smallest absolute Gasteiger partial charge is 0.0270 e. The highest BCUT2D eigenvalue weighted by Crippen LogP contribution is 1.82. The molecule has 0 aromatic carbocycles. The highest BCUT2D eigenvalue weighted by atomic mass is 15.6. The number of nitrogens with two attached hydrogens (primary N) is 3. The maximum absolute atomic E-state index is 5.15.